The minimum absolute atomic E-state index is 0.0554. The highest BCUT2D eigenvalue weighted by atomic mass is 16.5. The van der Waals surface area contributed by atoms with Crippen LogP contribution in [0.3, 0.4) is 0 Å². The molecule has 1 saturated heterocycles. The Morgan fingerprint density at radius 2 is 2.07 bits per heavy atom. The van der Waals surface area contributed by atoms with Crippen molar-refractivity contribution >= 4 is 11.7 Å². The molecule has 0 bridgehead atoms. The van der Waals surface area contributed by atoms with Crippen LogP contribution in [0.2, 0.25) is 0 Å². The maximum Gasteiger partial charge on any atom is 0.254 e. The van der Waals surface area contributed by atoms with Crippen molar-refractivity contribution in [2.75, 3.05) is 13.1 Å². The maximum atomic E-state index is 13.1. The van der Waals surface area contributed by atoms with Crippen molar-refractivity contribution in [3.05, 3.63) is 72.1 Å². The Morgan fingerprint density at radius 1 is 1.18 bits per heavy atom. The molecule has 0 saturated carbocycles. The first-order valence-electron chi connectivity index (χ1n) is 9.34. The third-order valence-electron chi connectivity index (χ3n) is 5.48. The molecule has 1 N–H and O–H groups in total. The maximum absolute atomic E-state index is 13.1. The number of hydrogen-bond donors (Lipinski definition) is 1. The average molecular weight is 373 g/mol. The van der Waals surface area contributed by atoms with Crippen LogP contribution in [0.4, 0.5) is 0 Å². The van der Waals surface area contributed by atoms with E-state index in [2.05, 4.69) is 9.97 Å². The molecule has 28 heavy (non-hydrogen) atoms. The summed E-state index contributed by atoms with van der Waals surface area (Å²) < 4.78 is 6.22. The van der Waals surface area contributed by atoms with Crippen molar-refractivity contribution in [2.24, 2.45) is 0 Å². The van der Waals surface area contributed by atoms with Crippen molar-refractivity contribution in [1.29, 1.82) is 0 Å². The number of imidazole rings is 1. The largest absolute Gasteiger partial charge is 0.484 e. The van der Waals surface area contributed by atoms with E-state index >= 15 is 0 Å². The van der Waals surface area contributed by atoms with Gasteiger partial charge in [0.05, 0.1) is 18.5 Å². The second-order valence-electron chi connectivity index (χ2n) is 7.38. The number of nitrogens with zero attached hydrogens (tertiary/aromatic N) is 2. The summed E-state index contributed by atoms with van der Waals surface area (Å²) in [5, 5.41) is 0. The molecule has 2 aromatic carbocycles. The molecule has 1 aromatic heterocycles. The minimum atomic E-state index is -0.625. The number of carbonyl (C=O) groups is 2. The van der Waals surface area contributed by atoms with Gasteiger partial charge in [-0.15, -0.1) is 0 Å². The number of nitrogens with one attached hydrogen (secondary N) is 1. The molecular weight excluding hydrogens is 354 g/mol. The third kappa shape index (κ3) is 2.78. The van der Waals surface area contributed by atoms with Gasteiger partial charge in [0.2, 0.25) is 0 Å². The van der Waals surface area contributed by atoms with Crippen molar-refractivity contribution in [3.8, 4) is 17.1 Å². The Kier molecular flexibility index (Phi) is 3.79. The predicted octanol–water partition coefficient (Wildman–Crippen LogP) is 3.33. The molecule has 140 valence electrons. The highest BCUT2D eigenvalue weighted by Crippen LogP contribution is 2.39. The Balaban J connectivity index is 1.38. The van der Waals surface area contributed by atoms with Gasteiger partial charge < -0.3 is 14.6 Å². The lowest BCUT2D eigenvalue weighted by molar-refractivity contribution is 0.0428. The van der Waals surface area contributed by atoms with Gasteiger partial charge in [0, 0.05) is 36.5 Å². The molecule has 2 aliphatic rings. The standard InChI is InChI=1S/C22H19N3O3/c26-18-13-22(28-19-7-2-1-6-17(18)19)8-11-25(14-22)21(27)16-5-3-4-15(12-16)20-23-9-10-24-20/h1-7,9-10,12H,8,11,13-14H2,(H,23,24). The number of aromatic amines is 1. The lowest BCUT2D eigenvalue weighted by Gasteiger charge is -2.34. The minimum Gasteiger partial charge on any atom is -0.484 e. The van der Waals surface area contributed by atoms with E-state index in [0.717, 1.165) is 11.4 Å². The van der Waals surface area contributed by atoms with Crippen LogP contribution in [0.5, 0.6) is 5.75 Å². The molecule has 1 atom stereocenters. The number of rotatable bonds is 2. The van der Waals surface area contributed by atoms with E-state index in [9.17, 15) is 9.59 Å². The number of para-hydroxylation sites is 1. The van der Waals surface area contributed by atoms with Crippen molar-refractivity contribution in [3.63, 3.8) is 0 Å². The zero-order chi connectivity index (χ0) is 19.1. The highest BCUT2D eigenvalue weighted by molar-refractivity contribution is 6.01. The Labute approximate surface area is 162 Å². The number of benzene rings is 2. The van der Waals surface area contributed by atoms with Crippen molar-refractivity contribution in [1.82, 2.24) is 14.9 Å². The van der Waals surface area contributed by atoms with E-state index in [-0.39, 0.29) is 11.7 Å². The van der Waals surface area contributed by atoms with Crippen LogP contribution in [0.25, 0.3) is 11.4 Å². The van der Waals surface area contributed by atoms with Crippen LogP contribution in [0, 0.1) is 0 Å². The van der Waals surface area contributed by atoms with Crippen LogP contribution in [0.1, 0.15) is 33.6 Å². The SMILES string of the molecule is O=C1CC2(CCN(C(=O)c3cccc(-c4ncc[nH]4)c3)C2)Oc2ccccc21. The zero-order valence-corrected chi connectivity index (χ0v) is 15.2. The van der Waals surface area contributed by atoms with Gasteiger partial charge in [0.25, 0.3) is 5.91 Å². The van der Waals surface area contributed by atoms with E-state index in [0.29, 0.717) is 42.8 Å². The Bertz CT molecular complexity index is 1060. The lowest BCUT2D eigenvalue weighted by Crippen LogP contribution is -2.45. The second kappa shape index (κ2) is 6.34. The molecule has 0 aliphatic carbocycles. The van der Waals surface area contributed by atoms with Crippen LogP contribution < -0.4 is 4.74 Å². The van der Waals surface area contributed by atoms with Gasteiger partial charge in [-0.25, -0.2) is 4.98 Å². The van der Waals surface area contributed by atoms with Crippen molar-refractivity contribution < 1.29 is 14.3 Å². The molecule has 5 rings (SSSR count). The smallest absolute Gasteiger partial charge is 0.254 e. The number of fused-ring (bicyclic) bond motifs is 1. The fraction of sp³-hybridized carbons (Fsp3) is 0.227. The molecule has 3 heterocycles. The summed E-state index contributed by atoms with van der Waals surface area (Å²) in [6, 6.07) is 14.7. The molecule has 2 aliphatic heterocycles. The van der Waals surface area contributed by atoms with E-state index in [4.69, 9.17) is 4.74 Å². The van der Waals surface area contributed by atoms with Crippen LogP contribution in [-0.2, 0) is 0 Å². The summed E-state index contributed by atoms with van der Waals surface area (Å²) in [5.74, 6) is 1.37. The molecule has 1 unspecified atom stereocenters. The van der Waals surface area contributed by atoms with Gasteiger partial charge in [-0.05, 0) is 24.3 Å². The molecule has 3 aromatic rings. The number of H-pyrrole nitrogens is 1. The van der Waals surface area contributed by atoms with Crippen LogP contribution in [0.15, 0.2) is 60.9 Å². The number of aromatic nitrogens is 2. The number of likely N-dealkylation sites (tertiary alicyclic amines) is 1. The zero-order valence-electron chi connectivity index (χ0n) is 15.2. The topological polar surface area (TPSA) is 75.3 Å². The fourth-order valence-electron chi connectivity index (χ4n) is 4.09. The van der Waals surface area contributed by atoms with Gasteiger partial charge in [-0.2, -0.15) is 0 Å². The summed E-state index contributed by atoms with van der Waals surface area (Å²) >= 11 is 0. The van der Waals surface area contributed by atoms with E-state index in [1.807, 2.05) is 42.5 Å². The summed E-state index contributed by atoms with van der Waals surface area (Å²) in [6.45, 7) is 0.982. The van der Waals surface area contributed by atoms with Gasteiger partial charge in [0.1, 0.15) is 17.2 Å². The first kappa shape index (κ1) is 16.7. The van der Waals surface area contributed by atoms with Crippen molar-refractivity contribution in [2.45, 2.75) is 18.4 Å². The lowest BCUT2D eigenvalue weighted by atomic mass is 9.89. The fourth-order valence-corrected chi connectivity index (χ4v) is 4.09. The predicted molar refractivity (Wildman–Crippen MR) is 103 cm³/mol. The number of Topliss-reactive ketones (excluding diaryl/α,β-unsaturated/α-hetero) is 1. The molecule has 6 heteroatoms. The number of hydrogen-bond acceptors (Lipinski definition) is 4. The van der Waals surface area contributed by atoms with Crippen LogP contribution >= 0.6 is 0 Å². The van der Waals surface area contributed by atoms with Gasteiger partial charge >= 0.3 is 0 Å². The average Bonchev–Trinajstić information content (AvgIpc) is 3.38. The number of carbonyl (C=O) groups excluding carboxylic acids is 2. The Morgan fingerprint density at radius 3 is 2.93 bits per heavy atom. The summed E-state index contributed by atoms with van der Waals surface area (Å²) in [4.78, 5) is 34.7. The van der Waals surface area contributed by atoms with E-state index < -0.39 is 5.60 Å². The molecular formula is C22H19N3O3. The molecule has 0 radical (unpaired) electrons. The molecule has 1 spiro atoms. The van der Waals surface area contributed by atoms with Crippen LogP contribution in [-0.4, -0.2) is 45.2 Å². The number of ether oxygens (including phenoxy) is 1. The number of amides is 1. The third-order valence-corrected chi connectivity index (χ3v) is 5.48. The monoisotopic (exact) mass is 373 g/mol. The molecule has 1 amide bonds. The van der Waals surface area contributed by atoms with E-state index in [1.165, 1.54) is 0 Å². The second-order valence-corrected chi connectivity index (χ2v) is 7.38. The first-order valence-corrected chi connectivity index (χ1v) is 9.34. The summed E-state index contributed by atoms with van der Waals surface area (Å²) in [7, 11) is 0. The molecule has 6 nitrogen and oxygen atoms in total. The summed E-state index contributed by atoms with van der Waals surface area (Å²) in [6.07, 6.45) is 4.39. The van der Waals surface area contributed by atoms with Gasteiger partial charge in [-0.3, -0.25) is 9.59 Å². The van der Waals surface area contributed by atoms with Gasteiger partial charge in [-0.1, -0.05) is 24.3 Å². The first-order chi connectivity index (χ1) is 13.6. The van der Waals surface area contributed by atoms with E-state index in [1.54, 1.807) is 23.4 Å². The Hall–Kier alpha value is -3.41. The normalized spacial score (nSPS) is 20.9. The summed E-state index contributed by atoms with van der Waals surface area (Å²) in [5.41, 5.74) is 1.47. The highest BCUT2D eigenvalue weighted by Gasteiger charge is 2.47. The quantitative estimate of drug-likeness (QED) is 0.748. The molecule has 1 fully saturated rings. The number of ketones is 1. The van der Waals surface area contributed by atoms with Gasteiger partial charge in [0.15, 0.2) is 5.78 Å².